The Morgan fingerprint density at radius 1 is 1.40 bits per heavy atom. The Hall–Kier alpha value is -0.870. The van der Waals surface area contributed by atoms with Gasteiger partial charge in [0.2, 0.25) is 0 Å². The third kappa shape index (κ3) is 4.95. The molecule has 1 amide bonds. The molecule has 0 unspecified atom stereocenters. The van der Waals surface area contributed by atoms with Crippen LogP contribution in [0.15, 0.2) is 29.2 Å². The molecule has 0 aliphatic carbocycles. The van der Waals surface area contributed by atoms with Gasteiger partial charge in [0, 0.05) is 16.5 Å². The second-order valence-corrected chi connectivity index (χ2v) is 3.74. The van der Waals surface area contributed by atoms with Crippen LogP contribution in [0.2, 0.25) is 0 Å². The van der Waals surface area contributed by atoms with Gasteiger partial charge in [-0.3, -0.25) is 5.32 Å². The summed E-state index contributed by atoms with van der Waals surface area (Å²) in [5, 5.41) is 2.59. The minimum atomic E-state index is -0.466. The maximum Gasteiger partial charge on any atom is 0.411 e. The first kappa shape index (κ1) is 12.2. The maximum absolute atomic E-state index is 11.2. The summed E-state index contributed by atoms with van der Waals surface area (Å²) in [6.07, 6.45) is 0.192. The van der Waals surface area contributed by atoms with Crippen molar-refractivity contribution >= 4 is 36.0 Å². The van der Waals surface area contributed by atoms with Gasteiger partial charge in [0.25, 0.3) is 0 Å². The fourth-order valence-corrected chi connectivity index (χ4v) is 1.18. The van der Waals surface area contributed by atoms with Crippen LogP contribution in [0, 0.1) is 0 Å². The number of benzene rings is 1. The number of carbonyl (C=O) groups excluding carboxylic acids is 1. The second kappa shape index (κ2) is 6.58. The summed E-state index contributed by atoms with van der Waals surface area (Å²) >= 11 is 9.58. The first-order valence-corrected chi connectivity index (χ1v) is 5.49. The lowest BCUT2D eigenvalue weighted by Gasteiger charge is -2.05. The summed E-state index contributed by atoms with van der Waals surface area (Å²) in [5.41, 5.74) is 0.684. The number of carbonyl (C=O) groups is 1. The topological polar surface area (TPSA) is 38.3 Å². The molecular weight excluding hydrogens is 234 g/mol. The Bertz CT molecular complexity index is 316. The van der Waals surface area contributed by atoms with Crippen LogP contribution >= 0.6 is 24.2 Å². The van der Waals surface area contributed by atoms with E-state index < -0.39 is 6.09 Å². The van der Waals surface area contributed by atoms with E-state index in [1.807, 2.05) is 0 Å². The van der Waals surface area contributed by atoms with Crippen molar-refractivity contribution in [1.29, 1.82) is 0 Å². The zero-order valence-electron chi connectivity index (χ0n) is 8.07. The fourth-order valence-electron chi connectivity index (χ4n) is 0.918. The number of halogens is 1. The van der Waals surface area contributed by atoms with Gasteiger partial charge in [-0.1, -0.05) is 0 Å². The standard InChI is InChI=1S/C10H12ClNO2S/c11-6-1-7-14-10(13)12-8-2-4-9(15)5-3-8/h2-5,15H,1,6-7H2,(H,12,13). The molecule has 0 saturated carbocycles. The summed E-state index contributed by atoms with van der Waals surface area (Å²) in [6, 6.07) is 7.09. The smallest absolute Gasteiger partial charge is 0.411 e. The molecule has 0 bridgehead atoms. The molecule has 0 spiro atoms. The summed E-state index contributed by atoms with van der Waals surface area (Å²) in [4.78, 5) is 12.0. The van der Waals surface area contributed by atoms with Crippen LogP contribution in [0.4, 0.5) is 10.5 Å². The number of anilines is 1. The summed E-state index contributed by atoms with van der Waals surface area (Å²) in [5.74, 6) is 0.488. The third-order valence-corrected chi connectivity index (χ3v) is 2.19. The van der Waals surface area contributed by atoms with E-state index in [0.29, 0.717) is 24.6 Å². The van der Waals surface area contributed by atoms with Crippen molar-refractivity contribution in [3.8, 4) is 0 Å². The van der Waals surface area contributed by atoms with Crippen LogP contribution in [0.5, 0.6) is 0 Å². The van der Waals surface area contributed by atoms with Crippen molar-refractivity contribution in [3.05, 3.63) is 24.3 Å². The highest BCUT2D eigenvalue weighted by molar-refractivity contribution is 7.80. The van der Waals surface area contributed by atoms with E-state index in [2.05, 4.69) is 17.9 Å². The van der Waals surface area contributed by atoms with E-state index in [1.165, 1.54) is 0 Å². The zero-order valence-corrected chi connectivity index (χ0v) is 9.72. The molecule has 0 heterocycles. The first-order chi connectivity index (χ1) is 7.22. The molecule has 0 aliphatic rings. The minimum absolute atomic E-state index is 0.333. The molecule has 0 atom stereocenters. The van der Waals surface area contributed by atoms with Crippen molar-refractivity contribution in [2.75, 3.05) is 17.8 Å². The van der Waals surface area contributed by atoms with Crippen LogP contribution in [0.25, 0.3) is 0 Å². The average Bonchev–Trinajstić information content (AvgIpc) is 2.22. The lowest BCUT2D eigenvalue weighted by molar-refractivity contribution is 0.162. The summed E-state index contributed by atoms with van der Waals surface area (Å²) in [6.45, 7) is 0.333. The number of nitrogens with one attached hydrogen (secondary N) is 1. The quantitative estimate of drug-likeness (QED) is 0.486. The van der Waals surface area contributed by atoms with Crippen LogP contribution in [0.1, 0.15) is 6.42 Å². The van der Waals surface area contributed by atoms with E-state index in [-0.39, 0.29) is 0 Å². The Morgan fingerprint density at radius 3 is 2.67 bits per heavy atom. The van der Waals surface area contributed by atoms with E-state index in [9.17, 15) is 4.79 Å². The normalized spacial score (nSPS) is 9.73. The van der Waals surface area contributed by atoms with Gasteiger partial charge in [0.05, 0.1) is 6.61 Å². The van der Waals surface area contributed by atoms with Gasteiger partial charge in [-0.15, -0.1) is 24.2 Å². The molecule has 0 saturated heterocycles. The van der Waals surface area contributed by atoms with E-state index in [1.54, 1.807) is 24.3 Å². The highest BCUT2D eigenvalue weighted by atomic mass is 35.5. The number of ether oxygens (including phenoxy) is 1. The molecule has 82 valence electrons. The number of thiol groups is 1. The van der Waals surface area contributed by atoms with Gasteiger partial charge >= 0.3 is 6.09 Å². The zero-order chi connectivity index (χ0) is 11.1. The van der Waals surface area contributed by atoms with Gasteiger partial charge in [-0.25, -0.2) is 4.79 Å². The van der Waals surface area contributed by atoms with Crippen molar-refractivity contribution in [3.63, 3.8) is 0 Å². The molecule has 0 radical (unpaired) electrons. The molecule has 5 heteroatoms. The summed E-state index contributed by atoms with van der Waals surface area (Å²) < 4.78 is 4.86. The van der Waals surface area contributed by atoms with E-state index >= 15 is 0 Å². The SMILES string of the molecule is O=C(Nc1ccc(S)cc1)OCCCCl. The lowest BCUT2D eigenvalue weighted by Crippen LogP contribution is -2.14. The number of hydrogen-bond acceptors (Lipinski definition) is 3. The van der Waals surface area contributed by atoms with Crippen LogP contribution < -0.4 is 5.32 Å². The minimum Gasteiger partial charge on any atom is -0.449 e. The molecule has 1 rings (SSSR count). The molecule has 0 fully saturated rings. The number of hydrogen-bond donors (Lipinski definition) is 2. The monoisotopic (exact) mass is 245 g/mol. The van der Waals surface area contributed by atoms with Gasteiger partial charge in [0.1, 0.15) is 0 Å². The van der Waals surface area contributed by atoms with Crippen LogP contribution in [0.3, 0.4) is 0 Å². The molecule has 1 N–H and O–H groups in total. The number of amides is 1. The highest BCUT2D eigenvalue weighted by Crippen LogP contribution is 2.12. The Balaban J connectivity index is 2.34. The van der Waals surface area contributed by atoms with Crippen molar-refractivity contribution < 1.29 is 9.53 Å². The predicted octanol–water partition coefficient (Wildman–Crippen LogP) is 3.15. The third-order valence-electron chi connectivity index (χ3n) is 1.62. The molecule has 0 aliphatic heterocycles. The van der Waals surface area contributed by atoms with Crippen molar-refractivity contribution in [1.82, 2.24) is 0 Å². The lowest BCUT2D eigenvalue weighted by atomic mass is 10.3. The van der Waals surface area contributed by atoms with Gasteiger partial charge in [-0.05, 0) is 30.7 Å². The molecule has 1 aromatic rings. The average molecular weight is 246 g/mol. The largest absolute Gasteiger partial charge is 0.449 e. The van der Waals surface area contributed by atoms with E-state index in [0.717, 1.165) is 4.90 Å². The predicted molar refractivity (Wildman–Crippen MR) is 64.0 cm³/mol. The Morgan fingerprint density at radius 2 is 2.07 bits per heavy atom. The molecule has 15 heavy (non-hydrogen) atoms. The number of rotatable bonds is 4. The van der Waals surface area contributed by atoms with E-state index in [4.69, 9.17) is 16.3 Å². The Labute approximate surface area is 99.2 Å². The molecule has 0 aromatic heterocycles. The van der Waals surface area contributed by atoms with Gasteiger partial charge < -0.3 is 4.74 Å². The Kier molecular flexibility index (Phi) is 5.36. The van der Waals surface area contributed by atoms with Crippen molar-refractivity contribution in [2.45, 2.75) is 11.3 Å². The highest BCUT2D eigenvalue weighted by Gasteiger charge is 2.01. The second-order valence-electron chi connectivity index (χ2n) is 2.85. The number of alkyl halides is 1. The first-order valence-electron chi connectivity index (χ1n) is 4.51. The fraction of sp³-hybridized carbons (Fsp3) is 0.300. The maximum atomic E-state index is 11.2. The van der Waals surface area contributed by atoms with Crippen LogP contribution in [-0.4, -0.2) is 18.6 Å². The molecular formula is C10H12ClNO2S. The molecule has 3 nitrogen and oxygen atoms in total. The molecule has 1 aromatic carbocycles. The summed E-state index contributed by atoms with van der Waals surface area (Å²) in [7, 11) is 0. The van der Waals surface area contributed by atoms with Crippen LogP contribution in [-0.2, 0) is 4.74 Å². The van der Waals surface area contributed by atoms with Crippen molar-refractivity contribution in [2.24, 2.45) is 0 Å². The van der Waals surface area contributed by atoms with Gasteiger partial charge in [0.15, 0.2) is 0 Å². The van der Waals surface area contributed by atoms with Gasteiger partial charge in [-0.2, -0.15) is 0 Å².